The lowest BCUT2D eigenvalue weighted by Crippen LogP contribution is -2.34. The van der Waals surface area contributed by atoms with Gasteiger partial charge in [-0.3, -0.25) is 0 Å². The summed E-state index contributed by atoms with van der Waals surface area (Å²) in [6.07, 6.45) is 1.25. The molecule has 0 saturated heterocycles. The highest BCUT2D eigenvalue weighted by Crippen LogP contribution is 2.11. The molecule has 1 amide bonds. The van der Waals surface area contributed by atoms with Gasteiger partial charge < -0.3 is 24.8 Å². The van der Waals surface area contributed by atoms with Crippen molar-refractivity contribution < 1.29 is 19.0 Å². The van der Waals surface area contributed by atoms with Crippen LogP contribution < -0.4 is 15.4 Å². The van der Waals surface area contributed by atoms with Crippen molar-refractivity contribution in [3.63, 3.8) is 0 Å². The van der Waals surface area contributed by atoms with Gasteiger partial charge in [0.15, 0.2) is 0 Å². The summed E-state index contributed by atoms with van der Waals surface area (Å²) in [6, 6.07) is 3.64. The fourth-order valence-electron chi connectivity index (χ4n) is 1.49. The molecule has 0 bridgehead atoms. The molecule has 0 fully saturated rings. The maximum atomic E-state index is 11.4. The van der Waals surface area contributed by atoms with Gasteiger partial charge in [-0.05, 0) is 26.8 Å². The van der Waals surface area contributed by atoms with Crippen LogP contribution in [-0.2, 0) is 9.47 Å². The van der Waals surface area contributed by atoms with E-state index < -0.39 is 11.7 Å². The zero-order valence-electron chi connectivity index (χ0n) is 13.6. The lowest BCUT2D eigenvalue weighted by atomic mass is 10.2. The Morgan fingerprint density at radius 1 is 1.23 bits per heavy atom. The molecule has 0 spiro atoms. The molecule has 1 heterocycles. The number of alkyl carbamates (subject to hydrolysis) is 1. The highest BCUT2D eigenvalue weighted by molar-refractivity contribution is 5.67. The number of nitrogens with one attached hydrogen (secondary N) is 2. The third-order valence-corrected chi connectivity index (χ3v) is 2.40. The van der Waals surface area contributed by atoms with Crippen molar-refractivity contribution in [3.8, 4) is 5.88 Å². The van der Waals surface area contributed by atoms with E-state index in [4.69, 9.17) is 14.2 Å². The standard InChI is InChI=1S/C15H25N3O4/c1-15(2,3)22-14(19)17-8-7-16-12-5-6-13(18-11-12)21-10-9-20-4/h5-6,11,16H,7-10H2,1-4H3,(H,17,19). The maximum absolute atomic E-state index is 11.4. The second kappa shape index (κ2) is 9.09. The number of methoxy groups -OCH3 is 1. The molecule has 1 aromatic rings. The molecule has 7 heteroatoms. The highest BCUT2D eigenvalue weighted by Gasteiger charge is 2.15. The van der Waals surface area contributed by atoms with Crippen LogP contribution in [0.4, 0.5) is 10.5 Å². The normalized spacial score (nSPS) is 10.9. The molecular weight excluding hydrogens is 286 g/mol. The van der Waals surface area contributed by atoms with Gasteiger partial charge in [0, 0.05) is 26.3 Å². The average molecular weight is 311 g/mol. The van der Waals surface area contributed by atoms with Crippen molar-refractivity contribution >= 4 is 11.8 Å². The number of anilines is 1. The van der Waals surface area contributed by atoms with Crippen molar-refractivity contribution in [1.82, 2.24) is 10.3 Å². The van der Waals surface area contributed by atoms with Gasteiger partial charge in [0.2, 0.25) is 5.88 Å². The van der Waals surface area contributed by atoms with E-state index in [1.54, 1.807) is 19.4 Å². The van der Waals surface area contributed by atoms with Crippen molar-refractivity contribution in [2.24, 2.45) is 0 Å². The van der Waals surface area contributed by atoms with Crippen LogP contribution in [0.25, 0.3) is 0 Å². The summed E-state index contributed by atoms with van der Waals surface area (Å²) in [4.78, 5) is 15.6. The second-order valence-electron chi connectivity index (χ2n) is 5.58. The Balaban J connectivity index is 2.21. The molecule has 0 radical (unpaired) electrons. The first-order valence-corrected chi connectivity index (χ1v) is 7.19. The van der Waals surface area contributed by atoms with Crippen LogP contribution in [0.3, 0.4) is 0 Å². The molecule has 1 aromatic heterocycles. The molecule has 22 heavy (non-hydrogen) atoms. The van der Waals surface area contributed by atoms with Crippen LogP contribution in [0.1, 0.15) is 20.8 Å². The smallest absolute Gasteiger partial charge is 0.407 e. The fourth-order valence-corrected chi connectivity index (χ4v) is 1.49. The van der Waals surface area contributed by atoms with Crippen LogP contribution in [0.2, 0.25) is 0 Å². The van der Waals surface area contributed by atoms with Crippen molar-refractivity contribution in [2.45, 2.75) is 26.4 Å². The Labute approximate surface area is 131 Å². The summed E-state index contributed by atoms with van der Waals surface area (Å²) in [5, 5.41) is 5.82. The first-order chi connectivity index (χ1) is 10.4. The Morgan fingerprint density at radius 3 is 2.59 bits per heavy atom. The minimum absolute atomic E-state index is 0.422. The summed E-state index contributed by atoms with van der Waals surface area (Å²) in [6.45, 7) is 7.51. The maximum Gasteiger partial charge on any atom is 0.407 e. The molecule has 1 rings (SSSR count). The van der Waals surface area contributed by atoms with Gasteiger partial charge >= 0.3 is 6.09 Å². The molecule has 7 nitrogen and oxygen atoms in total. The molecule has 0 saturated carbocycles. The number of amides is 1. The number of aromatic nitrogens is 1. The van der Waals surface area contributed by atoms with Gasteiger partial charge in [-0.2, -0.15) is 0 Å². The van der Waals surface area contributed by atoms with E-state index >= 15 is 0 Å². The number of hydrogen-bond acceptors (Lipinski definition) is 6. The number of ether oxygens (including phenoxy) is 3. The topological polar surface area (TPSA) is 81.7 Å². The monoisotopic (exact) mass is 311 g/mol. The largest absolute Gasteiger partial charge is 0.475 e. The van der Waals surface area contributed by atoms with Crippen LogP contribution in [0.15, 0.2) is 18.3 Å². The first kappa shape index (κ1) is 18.0. The molecule has 0 aliphatic carbocycles. The molecule has 124 valence electrons. The molecular formula is C15H25N3O4. The van der Waals surface area contributed by atoms with E-state index in [0.717, 1.165) is 5.69 Å². The van der Waals surface area contributed by atoms with Crippen LogP contribution in [0, 0.1) is 0 Å². The Hall–Kier alpha value is -2.02. The van der Waals surface area contributed by atoms with Gasteiger partial charge in [-0.25, -0.2) is 9.78 Å². The highest BCUT2D eigenvalue weighted by atomic mass is 16.6. The number of hydrogen-bond donors (Lipinski definition) is 2. The van der Waals surface area contributed by atoms with Gasteiger partial charge in [-0.15, -0.1) is 0 Å². The van der Waals surface area contributed by atoms with E-state index in [1.807, 2.05) is 26.8 Å². The summed E-state index contributed by atoms with van der Waals surface area (Å²) >= 11 is 0. The molecule has 0 atom stereocenters. The van der Waals surface area contributed by atoms with Crippen molar-refractivity contribution in [1.29, 1.82) is 0 Å². The number of pyridine rings is 1. The third-order valence-electron chi connectivity index (χ3n) is 2.40. The van der Waals surface area contributed by atoms with Gasteiger partial charge in [0.05, 0.1) is 18.5 Å². The lowest BCUT2D eigenvalue weighted by molar-refractivity contribution is 0.0530. The van der Waals surface area contributed by atoms with Crippen LogP contribution >= 0.6 is 0 Å². The summed E-state index contributed by atoms with van der Waals surface area (Å²) < 4.78 is 15.4. The summed E-state index contributed by atoms with van der Waals surface area (Å²) in [7, 11) is 1.62. The average Bonchev–Trinajstić information content (AvgIpc) is 2.43. The number of carbonyl (C=O) groups excluding carboxylic acids is 1. The molecule has 0 aliphatic heterocycles. The Kier molecular flexibility index (Phi) is 7.45. The van der Waals surface area contributed by atoms with Gasteiger partial charge in [0.1, 0.15) is 12.2 Å². The summed E-state index contributed by atoms with van der Waals surface area (Å²) in [5.74, 6) is 0.550. The minimum atomic E-state index is -0.486. The van der Waals surface area contributed by atoms with E-state index in [0.29, 0.717) is 32.2 Å². The SMILES string of the molecule is COCCOc1ccc(NCCNC(=O)OC(C)(C)C)cn1. The van der Waals surface area contributed by atoms with E-state index in [-0.39, 0.29) is 0 Å². The number of carbonyl (C=O) groups is 1. The molecule has 0 unspecified atom stereocenters. The second-order valence-corrected chi connectivity index (χ2v) is 5.58. The Morgan fingerprint density at radius 2 is 2.00 bits per heavy atom. The summed E-state index contributed by atoms with van der Waals surface area (Å²) in [5.41, 5.74) is 0.366. The van der Waals surface area contributed by atoms with Crippen LogP contribution in [0.5, 0.6) is 5.88 Å². The van der Waals surface area contributed by atoms with Crippen molar-refractivity contribution in [2.75, 3.05) is 38.7 Å². The van der Waals surface area contributed by atoms with E-state index in [9.17, 15) is 4.79 Å². The van der Waals surface area contributed by atoms with Gasteiger partial charge in [-0.1, -0.05) is 0 Å². The number of rotatable bonds is 8. The zero-order valence-corrected chi connectivity index (χ0v) is 13.6. The molecule has 0 aromatic carbocycles. The van der Waals surface area contributed by atoms with Gasteiger partial charge in [0.25, 0.3) is 0 Å². The minimum Gasteiger partial charge on any atom is -0.475 e. The fraction of sp³-hybridized carbons (Fsp3) is 0.600. The molecule has 2 N–H and O–H groups in total. The third kappa shape index (κ3) is 8.31. The quantitative estimate of drug-likeness (QED) is 0.715. The zero-order chi connectivity index (χ0) is 16.4. The Bertz CT molecular complexity index is 443. The first-order valence-electron chi connectivity index (χ1n) is 7.19. The molecule has 0 aliphatic rings. The lowest BCUT2D eigenvalue weighted by Gasteiger charge is -2.19. The van der Waals surface area contributed by atoms with Crippen LogP contribution in [-0.4, -0.2) is 50.1 Å². The predicted molar refractivity (Wildman–Crippen MR) is 84.3 cm³/mol. The van der Waals surface area contributed by atoms with E-state index in [1.165, 1.54) is 0 Å². The number of nitrogens with zero attached hydrogens (tertiary/aromatic N) is 1. The van der Waals surface area contributed by atoms with Crippen molar-refractivity contribution in [3.05, 3.63) is 18.3 Å². The van der Waals surface area contributed by atoms with E-state index in [2.05, 4.69) is 15.6 Å². The predicted octanol–water partition coefficient (Wildman–Crippen LogP) is 2.04.